The van der Waals surface area contributed by atoms with Gasteiger partial charge in [-0.05, 0) is 58.0 Å². The van der Waals surface area contributed by atoms with Gasteiger partial charge in [0.05, 0.1) is 12.6 Å². The summed E-state index contributed by atoms with van der Waals surface area (Å²) in [7, 11) is 0. The number of benzene rings is 3. The fourth-order valence-corrected chi connectivity index (χ4v) is 4.78. The molecule has 0 spiro atoms. The van der Waals surface area contributed by atoms with E-state index >= 15 is 0 Å². The van der Waals surface area contributed by atoms with Crippen LogP contribution in [-0.2, 0) is 6.54 Å². The van der Waals surface area contributed by atoms with Crippen molar-refractivity contribution in [1.29, 1.82) is 0 Å². The number of ether oxygens (including phenoxy) is 2. The van der Waals surface area contributed by atoms with Gasteiger partial charge in [0.15, 0.2) is 17.3 Å². The minimum atomic E-state index is -0.217. The molecule has 9 heteroatoms. The van der Waals surface area contributed by atoms with Gasteiger partial charge in [-0.3, -0.25) is 4.90 Å². The van der Waals surface area contributed by atoms with Gasteiger partial charge in [-0.15, -0.1) is 5.10 Å². The Morgan fingerprint density at radius 2 is 1.63 bits per heavy atom. The lowest BCUT2D eigenvalue weighted by molar-refractivity contribution is 0.174. The van der Waals surface area contributed by atoms with Crippen molar-refractivity contribution < 1.29 is 13.9 Å². The second-order valence-electron chi connectivity index (χ2n) is 8.70. The molecule has 3 heterocycles. The van der Waals surface area contributed by atoms with E-state index < -0.39 is 0 Å². The summed E-state index contributed by atoms with van der Waals surface area (Å²) in [6.07, 6.45) is 0. The predicted octanol–water partition coefficient (Wildman–Crippen LogP) is 3.50. The summed E-state index contributed by atoms with van der Waals surface area (Å²) in [4.78, 5) is 4.70. The molecule has 4 aromatic rings. The van der Waals surface area contributed by atoms with Crippen molar-refractivity contribution in [1.82, 2.24) is 25.1 Å². The van der Waals surface area contributed by atoms with Crippen LogP contribution in [0.2, 0.25) is 0 Å². The zero-order chi connectivity index (χ0) is 23.6. The van der Waals surface area contributed by atoms with Gasteiger partial charge in [-0.2, -0.15) is 0 Å². The molecular weight excluding hydrogens is 447 g/mol. The van der Waals surface area contributed by atoms with Gasteiger partial charge in [0.2, 0.25) is 6.79 Å². The van der Waals surface area contributed by atoms with Gasteiger partial charge in [0.25, 0.3) is 0 Å². The summed E-state index contributed by atoms with van der Waals surface area (Å²) in [5, 5.41) is 12.8. The van der Waals surface area contributed by atoms with Gasteiger partial charge in [-0.25, -0.2) is 9.07 Å². The number of hydrogen-bond acceptors (Lipinski definition) is 7. The Balaban J connectivity index is 1.26. The number of piperazine rings is 1. The van der Waals surface area contributed by atoms with Crippen LogP contribution < -0.4 is 14.4 Å². The topological polar surface area (TPSA) is 68.5 Å². The number of fused-ring (bicyclic) bond motifs is 1. The van der Waals surface area contributed by atoms with Crippen molar-refractivity contribution in [2.75, 3.05) is 37.9 Å². The van der Waals surface area contributed by atoms with E-state index in [0.717, 1.165) is 60.3 Å². The first-order chi connectivity index (χ1) is 17.2. The van der Waals surface area contributed by atoms with Crippen LogP contribution in [-0.4, -0.2) is 58.1 Å². The first-order valence-electron chi connectivity index (χ1n) is 11.7. The fraction of sp³-hybridized carbons (Fsp3) is 0.269. The average Bonchev–Trinajstić information content (AvgIpc) is 3.55. The van der Waals surface area contributed by atoms with Crippen molar-refractivity contribution in [2.24, 2.45) is 0 Å². The lowest BCUT2D eigenvalue weighted by Crippen LogP contribution is -2.48. The summed E-state index contributed by atoms with van der Waals surface area (Å²) in [6, 6.07) is 22.9. The number of rotatable bonds is 6. The molecule has 1 fully saturated rings. The number of hydrogen-bond donors (Lipinski definition) is 0. The summed E-state index contributed by atoms with van der Waals surface area (Å²) < 4.78 is 26.2. The summed E-state index contributed by atoms with van der Waals surface area (Å²) in [6.45, 7) is 4.09. The molecule has 1 atom stereocenters. The van der Waals surface area contributed by atoms with Gasteiger partial charge in [-0.1, -0.05) is 36.4 Å². The molecule has 2 aliphatic rings. The Morgan fingerprint density at radius 1 is 0.857 bits per heavy atom. The average molecular weight is 473 g/mol. The Labute approximate surface area is 202 Å². The van der Waals surface area contributed by atoms with Crippen molar-refractivity contribution in [3.05, 3.63) is 95.6 Å². The molecule has 178 valence electrons. The van der Waals surface area contributed by atoms with Crippen LogP contribution in [0.15, 0.2) is 72.8 Å². The van der Waals surface area contributed by atoms with Crippen LogP contribution in [0.25, 0.3) is 0 Å². The van der Waals surface area contributed by atoms with E-state index in [9.17, 15) is 4.39 Å². The van der Waals surface area contributed by atoms with Crippen molar-refractivity contribution in [2.45, 2.75) is 12.6 Å². The molecule has 0 bridgehead atoms. The predicted molar refractivity (Wildman–Crippen MR) is 128 cm³/mol. The number of nitrogens with zero attached hydrogens (tertiary/aromatic N) is 6. The molecular formula is C26H25FN6O2. The minimum Gasteiger partial charge on any atom is -0.454 e. The summed E-state index contributed by atoms with van der Waals surface area (Å²) in [5.41, 5.74) is 3.22. The maximum absolute atomic E-state index is 13.4. The molecule has 1 saturated heterocycles. The third-order valence-corrected chi connectivity index (χ3v) is 6.56. The molecule has 35 heavy (non-hydrogen) atoms. The highest BCUT2D eigenvalue weighted by Crippen LogP contribution is 2.33. The van der Waals surface area contributed by atoms with Crippen LogP contribution in [0.5, 0.6) is 11.5 Å². The van der Waals surface area contributed by atoms with Crippen LogP contribution >= 0.6 is 0 Å². The van der Waals surface area contributed by atoms with E-state index in [2.05, 4.69) is 37.5 Å². The van der Waals surface area contributed by atoms with Crippen LogP contribution in [0.3, 0.4) is 0 Å². The first-order valence-corrected chi connectivity index (χ1v) is 11.7. The Kier molecular flexibility index (Phi) is 5.75. The highest BCUT2D eigenvalue weighted by molar-refractivity contribution is 5.47. The smallest absolute Gasteiger partial charge is 0.231 e. The second-order valence-corrected chi connectivity index (χ2v) is 8.70. The van der Waals surface area contributed by atoms with E-state index in [4.69, 9.17) is 9.47 Å². The van der Waals surface area contributed by atoms with Crippen LogP contribution in [0.4, 0.5) is 10.1 Å². The first kappa shape index (κ1) is 21.5. The van der Waals surface area contributed by atoms with E-state index in [0.29, 0.717) is 6.54 Å². The van der Waals surface area contributed by atoms with Crippen LogP contribution in [0, 0.1) is 5.82 Å². The number of tetrazole rings is 1. The SMILES string of the molecule is Fc1ccc(N2CCN([C@H](c3ccccc3)c3nnnn3Cc3ccc4c(c3)OCO4)CC2)cc1. The minimum absolute atomic E-state index is 0.0874. The molecule has 0 radical (unpaired) electrons. The third-order valence-electron chi connectivity index (χ3n) is 6.56. The van der Waals surface area contributed by atoms with Gasteiger partial charge >= 0.3 is 0 Å². The Bertz CT molecular complexity index is 1290. The van der Waals surface area contributed by atoms with E-state index in [1.165, 1.54) is 12.1 Å². The highest BCUT2D eigenvalue weighted by Gasteiger charge is 2.31. The van der Waals surface area contributed by atoms with Crippen molar-refractivity contribution in [3.63, 3.8) is 0 Å². The van der Waals surface area contributed by atoms with Gasteiger partial charge in [0, 0.05) is 31.9 Å². The summed E-state index contributed by atoms with van der Waals surface area (Å²) >= 11 is 0. The molecule has 0 aliphatic carbocycles. The second kappa shape index (κ2) is 9.34. The summed E-state index contributed by atoms with van der Waals surface area (Å²) in [5.74, 6) is 2.08. The normalized spacial score (nSPS) is 16.4. The number of anilines is 1. The zero-order valence-electron chi connectivity index (χ0n) is 19.1. The fourth-order valence-electron chi connectivity index (χ4n) is 4.78. The molecule has 0 saturated carbocycles. The number of aromatic nitrogens is 4. The lowest BCUT2D eigenvalue weighted by atomic mass is 10.0. The Hall–Kier alpha value is -3.98. The van der Waals surface area contributed by atoms with Crippen LogP contribution in [0.1, 0.15) is 23.0 Å². The molecule has 1 aromatic heterocycles. The number of halogens is 1. The quantitative estimate of drug-likeness (QED) is 0.426. The largest absolute Gasteiger partial charge is 0.454 e. The molecule has 0 N–H and O–H groups in total. The van der Waals surface area contributed by atoms with Crippen molar-refractivity contribution in [3.8, 4) is 11.5 Å². The van der Waals surface area contributed by atoms with Crippen molar-refractivity contribution >= 4 is 5.69 Å². The lowest BCUT2D eigenvalue weighted by Gasteiger charge is -2.39. The molecule has 6 rings (SSSR count). The molecule has 2 aliphatic heterocycles. The van der Waals surface area contributed by atoms with E-state index in [-0.39, 0.29) is 18.7 Å². The third kappa shape index (κ3) is 4.42. The molecule has 0 amide bonds. The monoisotopic (exact) mass is 472 g/mol. The van der Waals surface area contributed by atoms with Gasteiger partial charge < -0.3 is 14.4 Å². The molecule has 0 unspecified atom stereocenters. The van der Waals surface area contributed by atoms with E-state index in [1.54, 1.807) is 0 Å². The maximum Gasteiger partial charge on any atom is 0.231 e. The maximum atomic E-state index is 13.4. The highest BCUT2D eigenvalue weighted by atomic mass is 19.1. The Morgan fingerprint density at radius 3 is 2.43 bits per heavy atom. The van der Waals surface area contributed by atoms with E-state index in [1.807, 2.05) is 53.2 Å². The molecule has 3 aromatic carbocycles. The molecule has 8 nitrogen and oxygen atoms in total. The zero-order valence-corrected chi connectivity index (χ0v) is 19.1. The standard InChI is InChI=1S/C26H25FN6O2/c27-21-7-9-22(10-8-21)31-12-14-32(15-13-31)25(20-4-2-1-3-5-20)26-28-29-30-33(26)17-19-6-11-23-24(16-19)35-18-34-23/h1-11,16,25H,12-15,17-18H2/t25-/m1/s1. The van der Waals surface area contributed by atoms with Gasteiger partial charge in [0.1, 0.15) is 5.82 Å².